The summed E-state index contributed by atoms with van der Waals surface area (Å²) in [4.78, 5) is 12.9. The molecule has 4 rings (SSSR count). The maximum Gasteiger partial charge on any atom is 0.243 e. The van der Waals surface area contributed by atoms with Crippen molar-refractivity contribution in [2.45, 2.75) is 9.79 Å². The van der Waals surface area contributed by atoms with Crippen LogP contribution in [0.1, 0.15) is 10.4 Å². The first-order valence-corrected chi connectivity index (χ1v) is 13.8. The van der Waals surface area contributed by atoms with E-state index in [1.807, 2.05) is 0 Å². The third kappa shape index (κ3) is 5.48. The SMILES string of the molecule is O=C(CNc1ccc(S(=O)(=O)N2CCOCC2)cc1)c1ccc(S(=O)(=O)N2CCOCC2)cc1. The minimum Gasteiger partial charge on any atom is -0.379 e. The molecule has 0 amide bonds. The minimum absolute atomic E-state index is 0.0227. The molecule has 34 heavy (non-hydrogen) atoms. The summed E-state index contributed by atoms with van der Waals surface area (Å²) < 4.78 is 64.0. The van der Waals surface area contributed by atoms with Crippen LogP contribution in [-0.4, -0.2) is 90.4 Å². The van der Waals surface area contributed by atoms with Gasteiger partial charge in [0.1, 0.15) is 0 Å². The number of carbonyl (C=O) groups is 1. The molecule has 2 aliphatic heterocycles. The molecule has 0 bridgehead atoms. The lowest BCUT2D eigenvalue weighted by Gasteiger charge is -2.26. The number of nitrogens with zero attached hydrogens (tertiary/aromatic N) is 2. The summed E-state index contributed by atoms with van der Waals surface area (Å²) in [5.41, 5.74) is 0.973. The number of hydrogen-bond donors (Lipinski definition) is 1. The highest BCUT2D eigenvalue weighted by Gasteiger charge is 2.27. The Morgan fingerprint density at radius 2 is 1.12 bits per heavy atom. The number of ketones is 1. The lowest BCUT2D eigenvalue weighted by molar-refractivity contribution is 0.0730. The molecule has 2 aromatic carbocycles. The Labute approximate surface area is 199 Å². The Morgan fingerprint density at radius 3 is 1.56 bits per heavy atom. The normalized spacial score (nSPS) is 18.5. The number of ether oxygens (including phenoxy) is 2. The molecule has 0 saturated carbocycles. The highest BCUT2D eigenvalue weighted by molar-refractivity contribution is 7.89. The number of morpholine rings is 2. The van der Waals surface area contributed by atoms with Crippen molar-refractivity contribution in [3.63, 3.8) is 0 Å². The van der Waals surface area contributed by atoms with E-state index in [9.17, 15) is 21.6 Å². The van der Waals surface area contributed by atoms with Crippen LogP contribution in [0, 0.1) is 0 Å². The third-order valence-electron chi connectivity index (χ3n) is 5.70. The predicted octanol–water partition coefficient (Wildman–Crippen LogP) is 1.02. The largest absolute Gasteiger partial charge is 0.379 e. The molecule has 0 aromatic heterocycles. The van der Waals surface area contributed by atoms with E-state index in [2.05, 4.69) is 5.32 Å². The topological polar surface area (TPSA) is 122 Å². The average Bonchev–Trinajstić information content (AvgIpc) is 2.88. The van der Waals surface area contributed by atoms with E-state index >= 15 is 0 Å². The molecule has 0 unspecified atom stereocenters. The second-order valence-electron chi connectivity index (χ2n) is 7.86. The van der Waals surface area contributed by atoms with E-state index in [1.165, 1.54) is 45.0 Å². The van der Waals surface area contributed by atoms with Gasteiger partial charge >= 0.3 is 0 Å². The van der Waals surface area contributed by atoms with Gasteiger partial charge in [-0.25, -0.2) is 16.8 Å². The lowest BCUT2D eigenvalue weighted by atomic mass is 10.1. The number of nitrogens with one attached hydrogen (secondary N) is 1. The number of carbonyl (C=O) groups excluding carboxylic acids is 1. The highest BCUT2D eigenvalue weighted by Crippen LogP contribution is 2.20. The summed E-state index contributed by atoms with van der Waals surface area (Å²) in [5.74, 6) is -0.222. The molecule has 2 aliphatic rings. The number of Topliss-reactive ketones (excluding diaryl/α,β-unsaturated/α-hetero) is 1. The fourth-order valence-electron chi connectivity index (χ4n) is 3.71. The summed E-state index contributed by atoms with van der Waals surface area (Å²) in [7, 11) is -7.20. The van der Waals surface area contributed by atoms with Crippen LogP contribution in [0.2, 0.25) is 0 Å². The maximum absolute atomic E-state index is 12.7. The third-order valence-corrected chi connectivity index (χ3v) is 9.53. The smallest absolute Gasteiger partial charge is 0.243 e. The first-order chi connectivity index (χ1) is 16.3. The van der Waals surface area contributed by atoms with Gasteiger partial charge in [-0.05, 0) is 48.5 Å². The van der Waals surface area contributed by atoms with Crippen molar-refractivity contribution in [2.75, 3.05) is 64.5 Å². The van der Waals surface area contributed by atoms with Crippen molar-refractivity contribution in [1.29, 1.82) is 0 Å². The van der Waals surface area contributed by atoms with Crippen LogP contribution in [0.4, 0.5) is 5.69 Å². The maximum atomic E-state index is 12.7. The standard InChI is InChI=1S/C22H27N3O7S2/c26-22(18-1-5-20(6-2-18)33(27,28)24-9-13-31-14-10-24)17-23-19-3-7-21(8-4-19)34(29,30)25-11-15-32-16-12-25/h1-8,23H,9-17H2. The van der Waals surface area contributed by atoms with E-state index in [-0.39, 0.29) is 22.1 Å². The predicted molar refractivity (Wildman–Crippen MR) is 125 cm³/mol. The van der Waals surface area contributed by atoms with Gasteiger partial charge in [-0.1, -0.05) is 0 Å². The summed E-state index contributed by atoms with van der Waals surface area (Å²) in [6.45, 7) is 2.71. The number of anilines is 1. The van der Waals surface area contributed by atoms with Gasteiger partial charge in [0.05, 0.1) is 42.8 Å². The van der Waals surface area contributed by atoms with Gasteiger partial charge in [-0.3, -0.25) is 4.79 Å². The average molecular weight is 510 g/mol. The molecule has 1 N–H and O–H groups in total. The summed E-state index contributed by atoms with van der Waals surface area (Å²) in [6, 6.07) is 12.1. The molecule has 2 fully saturated rings. The number of benzene rings is 2. The lowest BCUT2D eigenvalue weighted by Crippen LogP contribution is -2.40. The Kier molecular flexibility index (Phi) is 7.65. The van der Waals surface area contributed by atoms with Crippen molar-refractivity contribution in [3.05, 3.63) is 54.1 Å². The van der Waals surface area contributed by atoms with Crippen molar-refractivity contribution in [3.8, 4) is 0 Å². The van der Waals surface area contributed by atoms with Gasteiger partial charge in [0.15, 0.2) is 5.78 Å². The molecule has 2 saturated heterocycles. The van der Waals surface area contributed by atoms with Crippen molar-refractivity contribution in [2.24, 2.45) is 0 Å². The zero-order valence-electron chi connectivity index (χ0n) is 18.6. The zero-order valence-corrected chi connectivity index (χ0v) is 20.2. The highest BCUT2D eigenvalue weighted by atomic mass is 32.2. The van der Waals surface area contributed by atoms with Gasteiger partial charge in [-0.2, -0.15) is 8.61 Å². The monoisotopic (exact) mass is 509 g/mol. The Bertz CT molecular complexity index is 1200. The number of hydrogen-bond acceptors (Lipinski definition) is 8. The Morgan fingerprint density at radius 1 is 0.706 bits per heavy atom. The number of sulfonamides is 2. The quantitative estimate of drug-likeness (QED) is 0.524. The molecular formula is C22H27N3O7S2. The van der Waals surface area contributed by atoms with Crippen LogP contribution in [-0.2, 0) is 29.5 Å². The number of rotatable bonds is 8. The molecule has 0 aliphatic carbocycles. The second kappa shape index (κ2) is 10.5. The molecule has 0 radical (unpaired) electrons. The van der Waals surface area contributed by atoms with Gasteiger partial charge in [0, 0.05) is 37.4 Å². The van der Waals surface area contributed by atoms with Gasteiger partial charge < -0.3 is 14.8 Å². The molecule has 2 heterocycles. The van der Waals surface area contributed by atoms with Crippen molar-refractivity contribution < 1.29 is 31.1 Å². The molecule has 0 atom stereocenters. The fraction of sp³-hybridized carbons (Fsp3) is 0.409. The van der Waals surface area contributed by atoms with Crippen LogP contribution in [0.5, 0.6) is 0 Å². The van der Waals surface area contributed by atoms with Crippen LogP contribution in [0.15, 0.2) is 58.3 Å². The van der Waals surface area contributed by atoms with E-state index in [4.69, 9.17) is 9.47 Å². The Balaban J connectivity index is 1.35. The van der Waals surface area contributed by atoms with Gasteiger partial charge in [0.25, 0.3) is 0 Å². The summed E-state index contributed by atoms with van der Waals surface area (Å²) >= 11 is 0. The van der Waals surface area contributed by atoms with Crippen molar-refractivity contribution >= 4 is 31.5 Å². The van der Waals surface area contributed by atoms with Crippen molar-refractivity contribution in [1.82, 2.24) is 8.61 Å². The Hall–Kier alpha value is -2.35. The van der Waals surface area contributed by atoms with E-state index in [1.54, 1.807) is 12.1 Å². The minimum atomic E-state index is -3.62. The van der Waals surface area contributed by atoms with E-state index < -0.39 is 20.0 Å². The zero-order chi connectivity index (χ0) is 24.2. The molecule has 10 nitrogen and oxygen atoms in total. The molecule has 0 spiro atoms. The summed E-state index contributed by atoms with van der Waals surface area (Å²) in [5, 5.41) is 2.98. The van der Waals surface area contributed by atoms with Gasteiger partial charge in [0.2, 0.25) is 20.0 Å². The second-order valence-corrected chi connectivity index (χ2v) is 11.7. The molecular weight excluding hydrogens is 482 g/mol. The van der Waals surface area contributed by atoms with Crippen LogP contribution in [0.3, 0.4) is 0 Å². The van der Waals surface area contributed by atoms with Gasteiger partial charge in [-0.15, -0.1) is 0 Å². The summed E-state index contributed by atoms with van der Waals surface area (Å²) in [6.07, 6.45) is 0. The molecule has 184 valence electrons. The van der Waals surface area contributed by atoms with Crippen LogP contribution in [0.25, 0.3) is 0 Å². The molecule has 12 heteroatoms. The first kappa shape index (κ1) is 24.8. The van der Waals surface area contributed by atoms with Crippen LogP contribution >= 0.6 is 0 Å². The first-order valence-electron chi connectivity index (χ1n) is 10.9. The molecule has 2 aromatic rings. The van der Waals surface area contributed by atoms with Crippen LogP contribution < -0.4 is 5.32 Å². The van der Waals surface area contributed by atoms with E-state index in [0.717, 1.165) is 0 Å². The fourth-order valence-corrected chi connectivity index (χ4v) is 6.53. The van der Waals surface area contributed by atoms with E-state index in [0.29, 0.717) is 63.9 Å².